The van der Waals surface area contributed by atoms with Crippen molar-refractivity contribution in [3.63, 3.8) is 0 Å². The van der Waals surface area contributed by atoms with Gasteiger partial charge < -0.3 is 15.3 Å². The summed E-state index contributed by atoms with van der Waals surface area (Å²) in [6.45, 7) is 0. The fourth-order valence-corrected chi connectivity index (χ4v) is 0.671. The first kappa shape index (κ1) is 14.0. The molecule has 0 amide bonds. The van der Waals surface area contributed by atoms with Gasteiger partial charge in [-0.15, -0.1) is 0 Å². The summed E-state index contributed by atoms with van der Waals surface area (Å²) in [6.07, 6.45) is 0. The Balaban J connectivity index is 0. The van der Waals surface area contributed by atoms with Crippen molar-refractivity contribution in [3.05, 3.63) is 0 Å². The standard InChI is InChI=1S/C2H6O2S2.C2H4O2S/c3-1-5-6-2-4;3-2(4)1-5/h3-4H,1-2H2;5H,1H2,(H,3,4). The van der Waals surface area contributed by atoms with Crippen LogP contribution < -0.4 is 0 Å². The van der Waals surface area contributed by atoms with Gasteiger partial charge in [-0.2, -0.15) is 12.6 Å². The lowest BCUT2D eigenvalue weighted by atomic mass is 10.8. The summed E-state index contributed by atoms with van der Waals surface area (Å²) in [6, 6.07) is 0. The van der Waals surface area contributed by atoms with E-state index in [9.17, 15) is 4.79 Å². The minimum Gasteiger partial charge on any atom is -0.481 e. The Labute approximate surface area is 78.2 Å². The molecule has 0 aliphatic heterocycles. The number of hydrogen-bond donors (Lipinski definition) is 4. The summed E-state index contributed by atoms with van der Waals surface area (Å²) in [5.74, 6) is -0.815. The average Bonchev–Trinajstić information content (AvgIpc) is 2.02. The molecule has 0 rings (SSSR count). The average molecular weight is 218 g/mol. The molecule has 0 spiro atoms. The maximum absolute atomic E-state index is 9.29. The predicted molar refractivity (Wildman–Crippen MR) is 50.8 cm³/mol. The summed E-state index contributed by atoms with van der Waals surface area (Å²) >= 11 is 3.42. The van der Waals surface area contributed by atoms with Gasteiger partial charge in [-0.3, -0.25) is 4.79 Å². The zero-order valence-electron chi connectivity index (χ0n) is 5.63. The molecular weight excluding hydrogens is 208 g/mol. The number of thiol groups is 1. The van der Waals surface area contributed by atoms with Gasteiger partial charge in [0.2, 0.25) is 0 Å². The molecule has 0 fully saturated rings. The molecule has 68 valence electrons. The summed E-state index contributed by atoms with van der Waals surface area (Å²) in [5.41, 5.74) is 0. The van der Waals surface area contributed by atoms with E-state index in [1.165, 1.54) is 21.6 Å². The second-order valence-corrected chi connectivity index (χ2v) is 3.76. The van der Waals surface area contributed by atoms with Gasteiger partial charge in [-0.25, -0.2) is 0 Å². The van der Waals surface area contributed by atoms with E-state index < -0.39 is 5.97 Å². The topological polar surface area (TPSA) is 77.8 Å². The third-order valence-corrected chi connectivity index (χ3v) is 2.10. The number of carboxylic acids is 1. The molecule has 0 saturated heterocycles. The number of hydrogen-bond acceptors (Lipinski definition) is 6. The summed E-state index contributed by atoms with van der Waals surface area (Å²) in [7, 11) is 2.46. The fraction of sp³-hybridized carbons (Fsp3) is 0.750. The minimum absolute atomic E-state index is 0.0746. The maximum atomic E-state index is 9.29. The first-order chi connectivity index (χ1) is 5.18. The first-order valence-electron chi connectivity index (χ1n) is 2.47. The van der Waals surface area contributed by atoms with Gasteiger partial charge in [0.15, 0.2) is 0 Å². The van der Waals surface area contributed by atoms with Crippen LogP contribution in [-0.4, -0.2) is 38.9 Å². The van der Waals surface area contributed by atoms with Crippen LogP contribution in [0.4, 0.5) is 0 Å². The molecule has 0 aromatic rings. The highest BCUT2D eigenvalue weighted by atomic mass is 33.1. The molecule has 0 aromatic heterocycles. The molecule has 7 heteroatoms. The fourth-order valence-electron chi connectivity index (χ4n) is 0.0745. The molecular formula is C4H10O4S3. The van der Waals surface area contributed by atoms with Crippen molar-refractivity contribution < 1.29 is 20.1 Å². The molecule has 0 bridgehead atoms. The Morgan fingerprint density at radius 2 is 1.55 bits per heavy atom. The van der Waals surface area contributed by atoms with E-state index >= 15 is 0 Å². The van der Waals surface area contributed by atoms with Crippen molar-refractivity contribution >= 4 is 40.2 Å². The lowest BCUT2D eigenvalue weighted by molar-refractivity contribution is -0.133. The highest BCUT2D eigenvalue weighted by molar-refractivity contribution is 8.76. The Morgan fingerprint density at radius 3 is 1.64 bits per heavy atom. The smallest absolute Gasteiger partial charge is 0.313 e. The highest BCUT2D eigenvalue weighted by Gasteiger charge is 1.81. The molecule has 0 atom stereocenters. The van der Waals surface area contributed by atoms with Crippen LogP contribution in [0.1, 0.15) is 0 Å². The van der Waals surface area contributed by atoms with Gasteiger partial charge in [-0.1, -0.05) is 21.6 Å². The normalized spacial score (nSPS) is 8.27. The molecule has 0 aromatic carbocycles. The first-order valence-corrected chi connectivity index (χ1v) is 5.59. The Hall–Kier alpha value is 0.440. The van der Waals surface area contributed by atoms with Crippen LogP contribution in [0.5, 0.6) is 0 Å². The van der Waals surface area contributed by atoms with Crippen molar-refractivity contribution in [1.29, 1.82) is 0 Å². The zero-order chi connectivity index (χ0) is 9.11. The Bertz CT molecular complexity index is 85.4. The number of rotatable bonds is 4. The molecule has 0 radical (unpaired) electrons. The van der Waals surface area contributed by atoms with E-state index in [0.29, 0.717) is 0 Å². The lowest BCUT2D eigenvalue weighted by Gasteiger charge is -1.85. The van der Waals surface area contributed by atoms with E-state index in [0.717, 1.165) is 0 Å². The SMILES string of the molecule is O=C(O)CS.OCSSCO. The van der Waals surface area contributed by atoms with Crippen molar-refractivity contribution in [1.82, 2.24) is 0 Å². The van der Waals surface area contributed by atoms with E-state index in [-0.39, 0.29) is 17.6 Å². The van der Waals surface area contributed by atoms with Crippen molar-refractivity contribution in [2.24, 2.45) is 0 Å². The van der Waals surface area contributed by atoms with Crippen molar-refractivity contribution in [2.45, 2.75) is 0 Å². The van der Waals surface area contributed by atoms with Crippen LogP contribution in [0, 0.1) is 0 Å². The molecule has 3 N–H and O–H groups in total. The van der Waals surface area contributed by atoms with Crippen LogP contribution in [-0.2, 0) is 4.79 Å². The van der Waals surface area contributed by atoms with Gasteiger partial charge in [0.1, 0.15) is 0 Å². The third kappa shape index (κ3) is 25.1. The minimum atomic E-state index is -0.881. The van der Waals surface area contributed by atoms with Gasteiger partial charge in [0.25, 0.3) is 0 Å². The molecule has 0 aliphatic rings. The highest BCUT2D eigenvalue weighted by Crippen LogP contribution is 2.16. The van der Waals surface area contributed by atoms with Crippen molar-refractivity contribution in [3.8, 4) is 0 Å². The van der Waals surface area contributed by atoms with Gasteiger partial charge >= 0.3 is 5.97 Å². The van der Waals surface area contributed by atoms with Gasteiger partial charge in [0.05, 0.1) is 17.6 Å². The third-order valence-electron chi connectivity index (χ3n) is 0.324. The summed E-state index contributed by atoms with van der Waals surface area (Å²) < 4.78 is 0. The van der Waals surface area contributed by atoms with Crippen LogP contribution >= 0.6 is 34.2 Å². The largest absolute Gasteiger partial charge is 0.481 e. The monoisotopic (exact) mass is 218 g/mol. The van der Waals surface area contributed by atoms with Crippen LogP contribution in [0.3, 0.4) is 0 Å². The molecule has 4 nitrogen and oxygen atoms in total. The van der Waals surface area contributed by atoms with E-state index in [2.05, 4.69) is 12.6 Å². The van der Waals surface area contributed by atoms with Gasteiger partial charge in [-0.05, 0) is 0 Å². The van der Waals surface area contributed by atoms with Gasteiger partial charge in [0, 0.05) is 0 Å². The maximum Gasteiger partial charge on any atom is 0.313 e. The second-order valence-electron chi connectivity index (χ2n) is 1.05. The summed E-state index contributed by atoms with van der Waals surface area (Å²) in [5, 5.41) is 23.7. The second kappa shape index (κ2) is 13.1. The van der Waals surface area contributed by atoms with E-state index in [1.54, 1.807) is 0 Å². The molecule has 0 aliphatic carbocycles. The molecule has 0 unspecified atom stereocenters. The number of aliphatic hydroxyl groups is 2. The van der Waals surface area contributed by atoms with E-state index in [4.69, 9.17) is 15.3 Å². The zero-order valence-corrected chi connectivity index (χ0v) is 8.16. The van der Waals surface area contributed by atoms with Crippen molar-refractivity contribution in [2.75, 3.05) is 17.6 Å². The van der Waals surface area contributed by atoms with Crippen LogP contribution in [0.2, 0.25) is 0 Å². The quantitative estimate of drug-likeness (QED) is 0.235. The Morgan fingerprint density at radius 1 is 1.27 bits per heavy atom. The van der Waals surface area contributed by atoms with Crippen LogP contribution in [0.25, 0.3) is 0 Å². The number of carboxylic acid groups (broad SMARTS) is 1. The Kier molecular flexibility index (Phi) is 16.6. The molecule has 11 heavy (non-hydrogen) atoms. The van der Waals surface area contributed by atoms with E-state index in [1.807, 2.05) is 0 Å². The lowest BCUT2D eigenvalue weighted by Crippen LogP contribution is -1.92. The molecule has 0 heterocycles. The predicted octanol–water partition coefficient (Wildman–Crippen LogP) is 0.268. The number of carbonyl (C=O) groups is 1. The number of aliphatic hydroxyl groups excluding tert-OH is 2. The summed E-state index contributed by atoms with van der Waals surface area (Å²) in [4.78, 5) is 9.29. The number of aliphatic carboxylic acids is 1. The molecule has 0 saturated carbocycles. The van der Waals surface area contributed by atoms with Crippen LogP contribution in [0.15, 0.2) is 0 Å².